The lowest BCUT2D eigenvalue weighted by Crippen LogP contribution is -2.25. The minimum Gasteiger partial charge on any atom is -0.483 e. The summed E-state index contributed by atoms with van der Waals surface area (Å²) >= 11 is 3.37. The third kappa shape index (κ3) is 5.48. The number of carbonyl (C=O) groups is 1. The molecule has 4 N–H and O–H groups in total. The first-order valence-corrected chi connectivity index (χ1v) is 6.36. The summed E-state index contributed by atoms with van der Waals surface area (Å²) in [5.74, 6) is 0.0934. The van der Waals surface area contributed by atoms with E-state index in [4.69, 9.17) is 15.6 Å². The van der Waals surface area contributed by atoms with Gasteiger partial charge in [0.25, 0.3) is 5.91 Å². The molecule has 1 unspecified atom stereocenters. The van der Waals surface area contributed by atoms with Gasteiger partial charge in [-0.25, -0.2) is 0 Å². The number of ether oxygens (including phenoxy) is 1. The molecule has 0 bridgehead atoms. The van der Waals surface area contributed by atoms with Crippen molar-refractivity contribution < 1.29 is 14.6 Å². The van der Waals surface area contributed by atoms with E-state index in [9.17, 15) is 4.79 Å². The highest BCUT2D eigenvalue weighted by Crippen LogP contribution is 2.23. The maximum atomic E-state index is 10.7. The normalized spacial score (nSPS) is 12.2. The van der Waals surface area contributed by atoms with Crippen LogP contribution in [-0.2, 0) is 11.3 Å². The van der Waals surface area contributed by atoms with E-state index in [0.717, 1.165) is 10.0 Å². The Balaban J connectivity index is 2.67. The lowest BCUT2D eigenvalue weighted by Gasteiger charge is -2.12. The molecule has 0 heterocycles. The van der Waals surface area contributed by atoms with Gasteiger partial charge in [-0.2, -0.15) is 0 Å². The second kappa shape index (κ2) is 7.35. The predicted octanol–water partition coefficient (Wildman–Crippen LogP) is 0.784. The van der Waals surface area contributed by atoms with Gasteiger partial charge in [0.05, 0.1) is 6.10 Å². The van der Waals surface area contributed by atoms with Crippen molar-refractivity contribution >= 4 is 21.8 Å². The Morgan fingerprint density at radius 2 is 2.33 bits per heavy atom. The van der Waals surface area contributed by atoms with Gasteiger partial charge in [0, 0.05) is 23.1 Å². The number of hydrogen-bond acceptors (Lipinski definition) is 4. The van der Waals surface area contributed by atoms with E-state index in [1.807, 2.05) is 12.1 Å². The quantitative estimate of drug-likeness (QED) is 0.694. The van der Waals surface area contributed by atoms with Gasteiger partial charge in [-0.15, -0.1) is 0 Å². The molecule has 100 valence electrons. The summed E-state index contributed by atoms with van der Waals surface area (Å²) in [5, 5.41) is 12.3. The molecule has 1 aromatic carbocycles. The van der Waals surface area contributed by atoms with Gasteiger partial charge < -0.3 is 20.9 Å². The van der Waals surface area contributed by atoms with Crippen LogP contribution < -0.4 is 15.8 Å². The molecule has 0 aliphatic carbocycles. The highest BCUT2D eigenvalue weighted by atomic mass is 79.9. The number of carbonyl (C=O) groups excluding carboxylic acids is 1. The van der Waals surface area contributed by atoms with Gasteiger partial charge in [-0.05, 0) is 25.1 Å². The highest BCUT2D eigenvalue weighted by Gasteiger charge is 2.06. The SMILES string of the molecule is CC(O)CNCc1cc(Br)ccc1OCC(N)=O. The number of nitrogens with two attached hydrogens (primary N) is 1. The summed E-state index contributed by atoms with van der Waals surface area (Å²) in [6.45, 7) is 2.59. The fourth-order valence-corrected chi connectivity index (χ4v) is 1.80. The van der Waals surface area contributed by atoms with Gasteiger partial charge in [-0.3, -0.25) is 4.79 Å². The number of aliphatic hydroxyl groups excluding tert-OH is 1. The minimum atomic E-state index is -0.513. The van der Waals surface area contributed by atoms with Crippen molar-refractivity contribution in [3.63, 3.8) is 0 Å². The molecular formula is C12H17BrN2O3. The molecule has 0 spiro atoms. The number of halogens is 1. The van der Waals surface area contributed by atoms with E-state index in [2.05, 4.69) is 21.2 Å². The predicted molar refractivity (Wildman–Crippen MR) is 72.2 cm³/mol. The van der Waals surface area contributed by atoms with Gasteiger partial charge in [0.2, 0.25) is 0 Å². The molecular weight excluding hydrogens is 300 g/mol. The molecule has 1 rings (SSSR count). The van der Waals surface area contributed by atoms with Crippen molar-refractivity contribution in [2.75, 3.05) is 13.2 Å². The van der Waals surface area contributed by atoms with Crippen LogP contribution in [-0.4, -0.2) is 30.3 Å². The van der Waals surface area contributed by atoms with E-state index in [1.165, 1.54) is 0 Å². The maximum absolute atomic E-state index is 10.7. The van der Waals surface area contributed by atoms with E-state index in [-0.39, 0.29) is 6.61 Å². The maximum Gasteiger partial charge on any atom is 0.255 e. The van der Waals surface area contributed by atoms with Crippen molar-refractivity contribution in [3.05, 3.63) is 28.2 Å². The number of hydrogen-bond donors (Lipinski definition) is 3. The summed E-state index contributed by atoms with van der Waals surface area (Å²) < 4.78 is 6.23. The second-order valence-electron chi connectivity index (χ2n) is 3.99. The largest absolute Gasteiger partial charge is 0.483 e. The summed E-state index contributed by atoms with van der Waals surface area (Å²) in [6, 6.07) is 5.49. The molecule has 0 radical (unpaired) electrons. The molecule has 0 aliphatic heterocycles. The molecule has 1 aromatic rings. The van der Waals surface area contributed by atoms with Gasteiger partial charge >= 0.3 is 0 Å². The van der Waals surface area contributed by atoms with E-state index in [0.29, 0.717) is 18.8 Å². The third-order valence-corrected chi connectivity index (χ3v) is 2.64. The Hall–Kier alpha value is -1.11. The van der Waals surface area contributed by atoms with E-state index < -0.39 is 12.0 Å². The van der Waals surface area contributed by atoms with Crippen LogP contribution in [0.5, 0.6) is 5.75 Å². The van der Waals surface area contributed by atoms with Gasteiger partial charge in [0.1, 0.15) is 5.75 Å². The number of benzene rings is 1. The molecule has 1 amide bonds. The molecule has 0 aromatic heterocycles. The smallest absolute Gasteiger partial charge is 0.255 e. The molecule has 0 aliphatic rings. The van der Waals surface area contributed by atoms with Crippen molar-refractivity contribution in [2.45, 2.75) is 19.6 Å². The van der Waals surface area contributed by atoms with Crippen molar-refractivity contribution in [3.8, 4) is 5.75 Å². The van der Waals surface area contributed by atoms with Crippen LogP contribution in [0.25, 0.3) is 0 Å². The molecule has 0 fully saturated rings. The lowest BCUT2D eigenvalue weighted by atomic mass is 10.2. The van der Waals surface area contributed by atoms with Crippen LogP contribution in [0, 0.1) is 0 Å². The van der Waals surface area contributed by atoms with E-state index >= 15 is 0 Å². The minimum absolute atomic E-state index is 0.148. The summed E-state index contributed by atoms with van der Waals surface area (Å²) in [7, 11) is 0. The molecule has 18 heavy (non-hydrogen) atoms. The average Bonchev–Trinajstić information content (AvgIpc) is 2.27. The number of primary amides is 1. The zero-order valence-corrected chi connectivity index (χ0v) is 11.7. The molecule has 5 nitrogen and oxygen atoms in total. The zero-order valence-electron chi connectivity index (χ0n) is 10.1. The Morgan fingerprint density at radius 3 is 2.94 bits per heavy atom. The molecule has 1 atom stereocenters. The molecule has 6 heteroatoms. The third-order valence-electron chi connectivity index (χ3n) is 2.15. The number of amides is 1. The first-order chi connectivity index (χ1) is 8.49. The average molecular weight is 317 g/mol. The highest BCUT2D eigenvalue weighted by molar-refractivity contribution is 9.10. The van der Waals surface area contributed by atoms with Crippen LogP contribution in [0.3, 0.4) is 0 Å². The Morgan fingerprint density at radius 1 is 1.61 bits per heavy atom. The zero-order chi connectivity index (χ0) is 13.5. The van der Waals surface area contributed by atoms with Crippen LogP contribution in [0.4, 0.5) is 0 Å². The number of aliphatic hydroxyl groups is 1. The summed E-state index contributed by atoms with van der Waals surface area (Å²) in [4.78, 5) is 10.7. The van der Waals surface area contributed by atoms with Crippen LogP contribution >= 0.6 is 15.9 Å². The second-order valence-corrected chi connectivity index (χ2v) is 4.90. The molecule has 0 saturated carbocycles. The van der Waals surface area contributed by atoms with Crippen molar-refractivity contribution in [1.29, 1.82) is 0 Å². The first-order valence-electron chi connectivity index (χ1n) is 5.57. The Kier molecular flexibility index (Phi) is 6.11. The monoisotopic (exact) mass is 316 g/mol. The first kappa shape index (κ1) is 14.9. The molecule has 0 saturated heterocycles. The topological polar surface area (TPSA) is 84.6 Å². The summed E-state index contributed by atoms with van der Waals surface area (Å²) in [6.07, 6.45) is -0.410. The standard InChI is InChI=1S/C12H17BrN2O3/c1-8(16)5-15-6-9-4-10(13)2-3-11(9)18-7-12(14)17/h2-4,8,15-16H,5-7H2,1H3,(H2,14,17). The van der Waals surface area contributed by atoms with Crippen LogP contribution in [0.2, 0.25) is 0 Å². The van der Waals surface area contributed by atoms with Gasteiger partial charge in [-0.1, -0.05) is 15.9 Å². The van der Waals surface area contributed by atoms with Crippen molar-refractivity contribution in [1.82, 2.24) is 5.32 Å². The van der Waals surface area contributed by atoms with Crippen LogP contribution in [0.15, 0.2) is 22.7 Å². The van der Waals surface area contributed by atoms with Gasteiger partial charge in [0.15, 0.2) is 6.61 Å². The van der Waals surface area contributed by atoms with Crippen LogP contribution in [0.1, 0.15) is 12.5 Å². The fraction of sp³-hybridized carbons (Fsp3) is 0.417. The Bertz CT molecular complexity index is 410. The number of rotatable bonds is 7. The summed E-state index contributed by atoms with van der Waals surface area (Å²) in [5.41, 5.74) is 5.93. The number of nitrogens with one attached hydrogen (secondary N) is 1. The Labute approximate surface area is 114 Å². The fourth-order valence-electron chi connectivity index (χ4n) is 1.39. The van der Waals surface area contributed by atoms with E-state index in [1.54, 1.807) is 13.0 Å². The lowest BCUT2D eigenvalue weighted by molar-refractivity contribution is -0.119. The van der Waals surface area contributed by atoms with Crippen molar-refractivity contribution in [2.24, 2.45) is 5.73 Å².